The van der Waals surface area contributed by atoms with E-state index in [0.717, 1.165) is 0 Å². The van der Waals surface area contributed by atoms with Gasteiger partial charge in [0.25, 0.3) is 0 Å². The highest BCUT2D eigenvalue weighted by Gasteiger charge is 2.39. The Morgan fingerprint density at radius 1 is 0.512 bits per heavy atom. The number of aromatic nitrogens is 1. The van der Waals surface area contributed by atoms with E-state index in [1.54, 1.807) is 0 Å². The number of hydrogen-bond donors (Lipinski definition) is 0. The van der Waals surface area contributed by atoms with Crippen molar-refractivity contribution in [2.75, 3.05) is 0 Å². The molecule has 0 amide bonds. The van der Waals surface area contributed by atoms with Crippen LogP contribution in [0, 0.1) is 13.8 Å². The average molecular weight is 564 g/mol. The minimum atomic E-state index is 0.244. The molecule has 0 unspecified atom stereocenters. The van der Waals surface area contributed by atoms with Crippen molar-refractivity contribution in [2.45, 2.75) is 23.6 Å². The summed E-state index contributed by atoms with van der Waals surface area (Å²) in [5.74, 6) is 0. The summed E-state index contributed by atoms with van der Waals surface area (Å²) < 4.78 is 2.51. The first-order chi connectivity index (χ1) is 21.2. The van der Waals surface area contributed by atoms with Gasteiger partial charge < -0.3 is 4.57 Å². The zero-order valence-corrected chi connectivity index (χ0v) is 24.8. The van der Waals surface area contributed by atoms with Crippen LogP contribution >= 0.6 is 11.8 Å². The zero-order chi connectivity index (χ0) is 28.4. The number of fused-ring (bicyclic) bond motifs is 10. The summed E-state index contributed by atoms with van der Waals surface area (Å²) in [6.45, 7) is 4.78. The Labute approximate surface area is 254 Å². The Morgan fingerprint density at radius 2 is 1.14 bits per heavy atom. The molecule has 0 saturated carbocycles. The van der Waals surface area contributed by atoms with E-state index in [2.05, 4.69) is 140 Å². The van der Waals surface area contributed by atoms with Gasteiger partial charge in [0, 0.05) is 32.1 Å². The van der Waals surface area contributed by atoms with Gasteiger partial charge in [-0.2, -0.15) is 0 Å². The number of benzene rings is 7. The molecule has 3 heteroatoms. The first-order valence-electron chi connectivity index (χ1n) is 15.1. The van der Waals surface area contributed by atoms with Crippen molar-refractivity contribution in [1.82, 2.24) is 4.57 Å². The van der Waals surface area contributed by atoms with Crippen molar-refractivity contribution >= 4 is 78.1 Å². The molecule has 10 rings (SSSR count). The Morgan fingerprint density at radius 3 is 1.91 bits per heavy atom. The molecule has 1 aromatic heterocycles. The molecule has 200 valence electrons. The maximum Gasteiger partial charge on any atom is 0.249 e. The highest BCUT2D eigenvalue weighted by atomic mass is 32.2. The van der Waals surface area contributed by atoms with Crippen molar-refractivity contribution < 1.29 is 0 Å². The largest absolute Gasteiger partial charge is 0.315 e. The molecule has 7 aromatic carbocycles. The average Bonchev–Trinajstić information content (AvgIpc) is 3.32. The summed E-state index contributed by atoms with van der Waals surface area (Å²) in [7, 11) is 0. The van der Waals surface area contributed by atoms with E-state index in [1.165, 1.54) is 97.5 Å². The third-order valence-electron chi connectivity index (χ3n) is 10.1. The monoisotopic (exact) mass is 563 g/mol. The number of hydrogen-bond acceptors (Lipinski definition) is 1. The van der Waals surface area contributed by atoms with Crippen LogP contribution in [0.4, 0.5) is 0 Å². The van der Waals surface area contributed by atoms with Crippen molar-refractivity contribution in [3.05, 3.63) is 133 Å². The number of rotatable bonds is 1. The summed E-state index contributed by atoms with van der Waals surface area (Å²) in [6, 6.07) is 45.7. The van der Waals surface area contributed by atoms with Gasteiger partial charge in [-0.3, -0.25) is 0 Å². The molecule has 0 fully saturated rings. The third kappa shape index (κ3) is 3.05. The highest BCUT2D eigenvalue weighted by Crippen LogP contribution is 2.40. The van der Waals surface area contributed by atoms with Gasteiger partial charge in [-0.05, 0) is 98.0 Å². The second kappa shape index (κ2) is 8.43. The highest BCUT2D eigenvalue weighted by molar-refractivity contribution is 8.00. The number of para-hydroxylation sites is 1. The fourth-order valence-electron chi connectivity index (χ4n) is 8.01. The van der Waals surface area contributed by atoms with Crippen LogP contribution in [0.5, 0.6) is 0 Å². The lowest BCUT2D eigenvalue weighted by molar-refractivity contribution is 1.04. The van der Waals surface area contributed by atoms with Gasteiger partial charge in [0.2, 0.25) is 6.71 Å². The molecule has 1 nitrogen and oxygen atoms in total. The van der Waals surface area contributed by atoms with Crippen molar-refractivity contribution in [2.24, 2.45) is 0 Å². The number of aryl methyl sites for hydroxylation is 1. The molecule has 2 aliphatic heterocycles. The maximum absolute atomic E-state index is 2.51. The summed E-state index contributed by atoms with van der Waals surface area (Å²) in [5, 5.41) is 9.28. The van der Waals surface area contributed by atoms with Crippen LogP contribution in [0.2, 0.25) is 0 Å². The fraction of sp³-hybridized carbons (Fsp3) is 0.0500. The van der Waals surface area contributed by atoms with E-state index in [4.69, 9.17) is 0 Å². The van der Waals surface area contributed by atoms with Crippen molar-refractivity contribution in [3.8, 4) is 16.8 Å². The molecule has 0 saturated heterocycles. The standard InChI is InChI=1S/C40H26BNS/c1-23-24(2)42-36-15-8-16-37-39(36)41(35-14-7-13-27(23)40(35)42)34-20-18-26(22-38(34)43-37)25-17-19-32-30-11-4-3-9-28(30)29-10-5-6-12-31(29)33(32)21-25/h3-22H,1-2H3. The van der Waals surface area contributed by atoms with Crippen LogP contribution in [0.25, 0.3) is 60.0 Å². The molecule has 43 heavy (non-hydrogen) atoms. The van der Waals surface area contributed by atoms with Gasteiger partial charge in [0.1, 0.15) is 0 Å². The predicted octanol–water partition coefficient (Wildman–Crippen LogP) is 8.67. The predicted molar refractivity (Wildman–Crippen MR) is 186 cm³/mol. The van der Waals surface area contributed by atoms with Crippen LogP contribution in [-0.4, -0.2) is 11.3 Å². The third-order valence-corrected chi connectivity index (χ3v) is 11.2. The summed E-state index contributed by atoms with van der Waals surface area (Å²) in [6.07, 6.45) is 0. The smallest absolute Gasteiger partial charge is 0.249 e. The second-order valence-electron chi connectivity index (χ2n) is 12.1. The summed E-state index contributed by atoms with van der Waals surface area (Å²) in [4.78, 5) is 2.73. The molecular formula is C40H26BNS. The van der Waals surface area contributed by atoms with Gasteiger partial charge in [0.05, 0.1) is 0 Å². The fourth-order valence-corrected chi connectivity index (χ4v) is 9.22. The molecule has 0 spiro atoms. The Kier molecular flexibility index (Phi) is 4.67. The topological polar surface area (TPSA) is 4.93 Å². The van der Waals surface area contributed by atoms with Crippen molar-refractivity contribution in [1.29, 1.82) is 0 Å². The quantitative estimate of drug-likeness (QED) is 0.143. The molecule has 0 atom stereocenters. The summed E-state index contributed by atoms with van der Waals surface area (Å²) in [5.41, 5.74) is 12.3. The Bertz CT molecular complexity index is 2490. The minimum absolute atomic E-state index is 0.244. The molecule has 0 aliphatic carbocycles. The van der Waals surface area contributed by atoms with E-state index in [0.29, 0.717) is 0 Å². The molecule has 2 aliphatic rings. The van der Waals surface area contributed by atoms with Gasteiger partial charge in [0.15, 0.2) is 0 Å². The maximum atomic E-state index is 2.51. The SMILES string of the molecule is Cc1c(C)n2c3c(cccc13)B1c3ccc(-c4ccc5c6ccccc6c6ccccc6c5c4)cc3Sc3cccc-2c31. The van der Waals surface area contributed by atoms with Crippen LogP contribution in [0.15, 0.2) is 131 Å². The van der Waals surface area contributed by atoms with E-state index in [1.807, 2.05) is 11.8 Å². The van der Waals surface area contributed by atoms with Crippen LogP contribution < -0.4 is 16.4 Å². The Hall–Kier alpha value is -4.73. The molecule has 3 heterocycles. The van der Waals surface area contributed by atoms with Crippen LogP contribution in [-0.2, 0) is 0 Å². The minimum Gasteiger partial charge on any atom is -0.315 e. The van der Waals surface area contributed by atoms with Crippen LogP contribution in [0.1, 0.15) is 11.3 Å². The van der Waals surface area contributed by atoms with Gasteiger partial charge in [-0.25, -0.2) is 0 Å². The normalized spacial score (nSPS) is 13.2. The van der Waals surface area contributed by atoms with Crippen molar-refractivity contribution in [3.63, 3.8) is 0 Å². The van der Waals surface area contributed by atoms with Gasteiger partial charge >= 0.3 is 0 Å². The lowest BCUT2D eigenvalue weighted by atomic mass is 9.35. The lowest BCUT2D eigenvalue weighted by Gasteiger charge is -2.33. The number of nitrogens with zero attached hydrogens (tertiary/aromatic N) is 1. The van der Waals surface area contributed by atoms with E-state index >= 15 is 0 Å². The second-order valence-corrected chi connectivity index (χ2v) is 13.2. The molecule has 8 aromatic rings. The lowest BCUT2D eigenvalue weighted by Crippen LogP contribution is -2.58. The molecule has 0 bridgehead atoms. The molecule has 0 N–H and O–H groups in total. The molecular weight excluding hydrogens is 537 g/mol. The summed E-state index contributed by atoms with van der Waals surface area (Å²) >= 11 is 1.93. The molecule has 0 radical (unpaired) electrons. The first-order valence-corrected chi connectivity index (χ1v) is 15.9. The van der Waals surface area contributed by atoms with Crippen LogP contribution in [0.3, 0.4) is 0 Å². The Balaban J connectivity index is 1.19. The van der Waals surface area contributed by atoms with E-state index in [-0.39, 0.29) is 6.71 Å². The van der Waals surface area contributed by atoms with E-state index < -0.39 is 0 Å². The first kappa shape index (κ1) is 23.8. The zero-order valence-electron chi connectivity index (χ0n) is 24.0. The van der Waals surface area contributed by atoms with Gasteiger partial charge in [-0.15, -0.1) is 0 Å². The van der Waals surface area contributed by atoms with E-state index in [9.17, 15) is 0 Å². The van der Waals surface area contributed by atoms with Gasteiger partial charge in [-0.1, -0.05) is 114 Å².